The molecule has 4 nitrogen and oxygen atoms in total. The summed E-state index contributed by atoms with van der Waals surface area (Å²) in [7, 11) is 0. The molecule has 0 bridgehead atoms. The molecule has 1 heterocycles. The average molecular weight is 282 g/mol. The smallest absolute Gasteiger partial charge is 0.418 e. The van der Waals surface area contributed by atoms with E-state index in [9.17, 15) is 9.59 Å². The summed E-state index contributed by atoms with van der Waals surface area (Å²) < 4.78 is 0. The third-order valence-corrected chi connectivity index (χ3v) is 4.31. The van der Waals surface area contributed by atoms with Crippen molar-refractivity contribution in [2.45, 2.75) is 32.4 Å². The van der Waals surface area contributed by atoms with Crippen LogP contribution in [0.3, 0.4) is 0 Å². The van der Waals surface area contributed by atoms with E-state index in [1.54, 1.807) is 11.8 Å². The minimum Gasteiger partial charge on any atom is -0.418 e. The van der Waals surface area contributed by atoms with Gasteiger partial charge in [0.05, 0.1) is 5.41 Å². The van der Waals surface area contributed by atoms with Crippen LogP contribution in [0.2, 0.25) is 0 Å². The normalized spacial score (nSPS) is 25.7. The van der Waals surface area contributed by atoms with Crippen molar-refractivity contribution < 1.29 is 39.1 Å². The van der Waals surface area contributed by atoms with E-state index in [1.807, 2.05) is 20.8 Å². The summed E-state index contributed by atoms with van der Waals surface area (Å²) in [5, 5.41) is 6.07. The van der Waals surface area contributed by atoms with Gasteiger partial charge in [-0.15, -0.1) is 0 Å². The van der Waals surface area contributed by atoms with E-state index in [-0.39, 0.29) is 45.8 Å². The number of carbonyl (C=O) groups excluding carboxylic acids is 2. The predicted octanol–water partition coefficient (Wildman–Crippen LogP) is -1.16. The van der Waals surface area contributed by atoms with Crippen molar-refractivity contribution in [2.24, 2.45) is 5.41 Å². The van der Waals surface area contributed by atoms with E-state index < -0.39 is 11.3 Å². The van der Waals surface area contributed by atoms with E-state index >= 15 is 0 Å². The zero-order valence-corrected chi connectivity index (χ0v) is 14.2. The number of thioether (sulfide) groups is 1. The molecule has 1 rings (SSSR count). The first-order chi connectivity index (χ1) is 7.48. The molecule has 0 aromatic heterocycles. The van der Waals surface area contributed by atoms with Gasteiger partial charge in [0.15, 0.2) is 11.8 Å². The molecular formula is C10H15N2NaO2S2. The standard InChI is InChI=1S/C10H16N2O2S2.Na/c1-4-10(6(3)16-5-2)7(13)11-9(15)12-8(10)14;/h6H,4-5H2,1-3H3,(H2,11,12,13,14,15);/q;+1/p-1. The zero-order chi connectivity index (χ0) is 12.3. The molecule has 0 saturated carbocycles. The number of thiocarbonyl (C=S) groups is 1. The monoisotopic (exact) mass is 282 g/mol. The van der Waals surface area contributed by atoms with E-state index in [1.165, 1.54) is 0 Å². The average Bonchev–Trinajstić information content (AvgIpc) is 2.18. The SMILES string of the molecule is CCSC(C)C1(CC)C(=O)[N-]C(=S)NC1=O.[Na+]. The number of hydrogen-bond donors (Lipinski definition) is 1. The Morgan fingerprint density at radius 2 is 2.06 bits per heavy atom. The topological polar surface area (TPSA) is 60.3 Å². The van der Waals surface area contributed by atoms with Crippen LogP contribution >= 0.6 is 24.0 Å². The van der Waals surface area contributed by atoms with Crippen molar-refractivity contribution >= 4 is 40.9 Å². The first-order valence-corrected chi connectivity index (χ1v) is 6.67. The van der Waals surface area contributed by atoms with Crippen molar-refractivity contribution in [3.8, 4) is 0 Å². The number of rotatable bonds is 4. The van der Waals surface area contributed by atoms with Crippen LogP contribution in [-0.4, -0.2) is 27.9 Å². The maximum absolute atomic E-state index is 12.0. The van der Waals surface area contributed by atoms with Gasteiger partial charge in [-0.3, -0.25) is 9.59 Å². The number of amides is 2. The van der Waals surface area contributed by atoms with Gasteiger partial charge in [0.1, 0.15) is 0 Å². The number of nitrogens with zero attached hydrogens (tertiary/aromatic N) is 1. The molecule has 17 heavy (non-hydrogen) atoms. The molecule has 2 unspecified atom stereocenters. The first kappa shape index (κ1) is 17.4. The van der Waals surface area contributed by atoms with Crippen LogP contribution in [0.4, 0.5) is 0 Å². The molecule has 7 heteroatoms. The van der Waals surface area contributed by atoms with Gasteiger partial charge in [0, 0.05) is 10.4 Å². The van der Waals surface area contributed by atoms with Crippen molar-refractivity contribution in [1.82, 2.24) is 5.32 Å². The molecule has 0 aromatic rings. The van der Waals surface area contributed by atoms with Crippen molar-refractivity contribution in [3.05, 3.63) is 5.32 Å². The molecule has 2 atom stereocenters. The summed E-state index contributed by atoms with van der Waals surface area (Å²) in [5.74, 6) is 0.138. The molecule has 1 N–H and O–H groups in total. The van der Waals surface area contributed by atoms with Crippen LogP contribution in [0, 0.1) is 5.41 Å². The molecule has 2 amide bonds. The summed E-state index contributed by atoms with van der Waals surface area (Å²) in [5.41, 5.74) is -1.05. The number of carbonyl (C=O) groups is 2. The minimum atomic E-state index is -1.05. The predicted molar refractivity (Wildman–Crippen MR) is 69.4 cm³/mol. The van der Waals surface area contributed by atoms with Gasteiger partial charge in [0.2, 0.25) is 0 Å². The van der Waals surface area contributed by atoms with Crippen molar-refractivity contribution in [1.29, 1.82) is 0 Å². The van der Waals surface area contributed by atoms with Crippen LogP contribution in [-0.2, 0) is 9.59 Å². The van der Waals surface area contributed by atoms with Gasteiger partial charge < -0.3 is 10.6 Å². The van der Waals surface area contributed by atoms with Gasteiger partial charge in [0.25, 0.3) is 0 Å². The quantitative estimate of drug-likeness (QED) is 0.402. The first-order valence-electron chi connectivity index (χ1n) is 5.22. The van der Waals surface area contributed by atoms with Crippen LogP contribution in [0.5, 0.6) is 0 Å². The second-order valence-electron chi connectivity index (χ2n) is 3.60. The zero-order valence-electron chi connectivity index (χ0n) is 10.6. The summed E-state index contributed by atoms with van der Waals surface area (Å²) in [6.07, 6.45) is 0.442. The molecule has 1 saturated heterocycles. The van der Waals surface area contributed by atoms with Gasteiger partial charge >= 0.3 is 29.6 Å². The van der Waals surface area contributed by atoms with E-state index in [0.717, 1.165) is 5.75 Å². The van der Waals surface area contributed by atoms with Gasteiger partial charge in [-0.1, -0.05) is 33.0 Å². The van der Waals surface area contributed by atoms with Crippen LogP contribution < -0.4 is 34.9 Å². The van der Waals surface area contributed by atoms with E-state index in [4.69, 9.17) is 12.2 Å². The molecule has 0 aliphatic carbocycles. The van der Waals surface area contributed by atoms with E-state index in [0.29, 0.717) is 6.42 Å². The second kappa shape index (κ2) is 7.09. The number of nitrogens with one attached hydrogen (secondary N) is 1. The maximum Gasteiger partial charge on any atom is 1.00 e. The Morgan fingerprint density at radius 3 is 2.47 bits per heavy atom. The largest absolute Gasteiger partial charge is 1.00 e. The Kier molecular flexibility index (Phi) is 7.25. The van der Waals surface area contributed by atoms with Gasteiger partial charge in [-0.25, -0.2) is 0 Å². The fourth-order valence-electron chi connectivity index (χ4n) is 1.88. The number of hydrogen-bond acceptors (Lipinski definition) is 4. The van der Waals surface area contributed by atoms with Gasteiger partial charge in [-0.2, -0.15) is 11.8 Å². The molecule has 0 aromatic carbocycles. The Morgan fingerprint density at radius 1 is 1.47 bits per heavy atom. The molecule has 1 aliphatic rings. The van der Waals surface area contributed by atoms with Crippen LogP contribution in [0.25, 0.3) is 5.32 Å². The maximum atomic E-state index is 12.0. The second-order valence-corrected chi connectivity index (χ2v) is 5.60. The molecule has 0 radical (unpaired) electrons. The third-order valence-electron chi connectivity index (χ3n) is 2.88. The Bertz CT molecular complexity index is 316. The molecule has 90 valence electrons. The summed E-state index contributed by atoms with van der Waals surface area (Å²) >= 11 is 6.32. The summed E-state index contributed by atoms with van der Waals surface area (Å²) in [4.78, 5) is 23.9. The van der Waals surface area contributed by atoms with Crippen LogP contribution in [0.15, 0.2) is 0 Å². The van der Waals surface area contributed by atoms with Crippen LogP contribution in [0.1, 0.15) is 27.2 Å². The summed E-state index contributed by atoms with van der Waals surface area (Å²) in [6.45, 7) is 5.71. The fourth-order valence-corrected chi connectivity index (χ4v) is 3.21. The van der Waals surface area contributed by atoms with E-state index in [2.05, 4.69) is 10.6 Å². The molecule has 1 fully saturated rings. The Hall–Kier alpha value is 0.380. The Labute approximate surface area is 133 Å². The Balaban J connectivity index is 0.00000256. The fraction of sp³-hybridized carbons (Fsp3) is 0.700. The van der Waals surface area contributed by atoms with Gasteiger partial charge in [-0.05, 0) is 12.2 Å². The van der Waals surface area contributed by atoms with Crippen molar-refractivity contribution in [3.63, 3.8) is 0 Å². The van der Waals surface area contributed by atoms with Crippen molar-refractivity contribution in [2.75, 3.05) is 5.75 Å². The minimum absolute atomic E-state index is 0. The molecule has 1 aliphatic heterocycles. The third kappa shape index (κ3) is 3.23. The summed E-state index contributed by atoms with van der Waals surface area (Å²) in [6, 6.07) is 0. The molecule has 0 spiro atoms. The molecular weight excluding hydrogens is 267 g/mol.